The first-order valence-electron chi connectivity index (χ1n) is 9.69. The first-order valence-corrected chi connectivity index (χ1v) is 12.8. The second kappa shape index (κ2) is 8.84. The van der Waals surface area contributed by atoms with E-state index in [-0.39, 0.29) is 16.4 Å². The SMILES string of the molecule is COc1ccc(N2CCCCS2(=O)=O)cc1S(=O)(=O)NCCC1=CCCCC1. The number of hydrogen-bond donors (Lipinski definition) is 1. The second-order valence-corrected chi connectivity index (χ2v) is 10.9. The maximum atomic E-state index is 12.9. The zero-order valence-corrected chi connectivity index (χ0v) is 17.8. The summed E-state index contributed by atoms with van der Waals surface area (Å²) < 4.78 is 59.6. The van der Waals surface area contributed by atoms with Gasteiger partial charge in [0.2, 0.25) is 20.0 Å². The molecular formula is C19H28N2O5S2. The molecule has 0 unspecified atom stereocenters. The van der Waals surface area contributed by atoms with Gasteiger partial charge in [-0.25, -0.2) is 21.6 Å². The lowest BCUT2D eigenvalue weighted by molar-refractivity contribution is 0.402. The predicted octanol–water partition coefficient (Wildman–Crippen LogP) is 2.79. The minimum atomic E-state index is -3.83. The molecule has 0 saturated carbocycles. The Hall–Kier alpha value is -1.58. The van der Waals surface area contributed by atoms with E-state index in [0.717, 1.165) is 25.7 Å². The highest BCUT2D eigenvalue weighted by molar-refractivity contribution is 7.92. The van der Waals surface area contributed by atoms with Gasteiger partial charge in [0, 0.05) is 13.1 Å². The van der Waals surface area contributed by atoms with Crippen molar-refractivity contribution in [3.05, 3.63) is 29.8 Å². The third kappa shape index (κ3) is 4.87. The second-order valence-electron chi connectivity index (χ2n) is 7.19. The van der Waals surface area contributed by atoms with Gasteiger partial charge in [0.05, 0.1) is 18.6 Å². The molecule has 2 aliphatic rings. The van der Waals surface area contributed by atoms with Crippen LogP contribution in [0.5, 0.6) is 5.75 Å². The van der Waals surface area contributed by atoms with E-state index in [2.05, 4.69) is 10.8 Å². The zero-order chi connectivity index (χ0) is 20.2. The number of nitrogens with zero attached hydrogens (tertiary/aromatic N) is 1. The molecular weight excluding hydrogens is 400 g/mol. The van der Waals surface area contributed by atoms with Crippen LogP contribution in [0.25, 0.3) is 0 Å². The van der Waals surface area contributed by atoms with E-state index in [4.69, 9.17) is 4.74 Å². The zero-order valence-electron chi connectivity index (χ0n) is 16.2. The molecule has 1 saturated heterocycles. The highest BCUT2D eigenvalue weighted by atomic mass is 32.2. The Morgan fingerprint density at radius 1 is 1.18 bits per heavy atom. The Bertz CT molecular complexity index is 939. The van der Waals surface area contributed by atoms with E-state index in [9.17, 15) is 16.8 Å². The fraction of sp³-hybridized carbons (Fsp3) is 0.579. The lowest BCUT2D eigenvalue weighted by atomic mass is 9.97. The van der Waals surface area contributed by atoms with Gasteiger partial charge in [-0.2, -0.15) is 0 Å². The van der Waals surface area contributed by atoms with Crippen LogP contribution in [0.1, 0.15) is 44.9 Å². The average molecular weight is 429 g/mol. The van der Waals surface area contributed by atoms with E-state index < -0.39 is 20.0 Å². The number of methoxy groups -OCH3 is 1. The van der Waals surface area contributed by atoms with E-state index in [1.54, 1.807) is 6.07 Å². The molecule has 1 N–H and O–H groups in total. The quantitative estimate of drug-likeness (QED) is 0.674. The van der Waals surface area contributed by atoms with Crippen molar-refractivity contribution < 1.29 is 21.6 Å². The average Bonchev–Trinajstić information content (AvgIpc) is 2.68. The molecule has 9 heteroatoms. The van der Waals surface area contributed by atoms with Gasteiger partial charge in [0.15, 0.2) is 0 Å². The molecule has 0 amide bonds. The largest absolute Gasteiger partial charge is 0.495 e. The normalized spacial score (nSPS) is 19.9. The van der Waals surface area contributed by atoms with Crippen LogP contribution in [0.3, 0.4) is 0 Å². The molecule has 0 bridgehead atoms. The van der Waals surface area contributed by atoms with E-state index >= 15 is 0 Å². The molecule has 156 valence electrons. The molecule has 0 spiro atoms. The molecule has 1 aliphatic heterocycles. The van der Waals surface area contributed by atoms with E-state index in [0.29, 0.717) is 31.6 Å². The molecule has 7 nitrogen and oxygen atoms in total. The molecule has 1 fully saturated rings. The van der Waals surface area contributed by atoms with Crippen LogP contribution in [0.4, 0.5) is 5.69 Å². The highest BCUT2D eigenvalue weighted by Gasteiger charge is 2.28. The van der Waals surface area contributed by atoms with Crippen molar-refractivity contribution in [1.82, 2.24) is 4.72 Å². The van der Waals surface area contributed by atoms with Crippen LogP contribution < -0.4 is 13.8 Å². The van der Waals surface area contributed by atoms with Crippen molar-refractivity contribution in [2.75, 3.05) is 30.3 Å². The summed E-state index contributed by atoms with van der Waals surface area (Å²) in [7, 11) is -5.84. The smallest absolute Gasteiger partial charge is 0.244 e. The van der Waals surface area contributed by atoms with Crippen LogP contribution >= 0.6 is 0 Å². The fourth-order valence-corrected chi connectivity index (χ4v) is 6.51. The summed E-state index contributed by atoms with van der Waals surface area (Å²) in [5.74, 6) is 0.275. The van der Waals surface area contributed by atoms with Crippen molar-refractivity contribution in [1.29, 1.82) is 0 Å². The number of rotatable bonds is 7. The molecule has 1 heterocycles. The van der Waals surface area contributed by atoms with Crippen molar-refractivity contribution in [2.45, 2.75) is 49.8 Å². The van der Waals surface area contributed by atoms with Crippen molar-refractivity contribution in [2.24, 2.45) is 0 Å². The fourth-order valence-electron chi connectivity index (χ4n) is 3.66. The summed E-state index contributed by atoms with van der Waals surface area (Å²) in [5.41, 5.74) is 1.64. The maximum absolute atomic E-state index is 12.9. The lowest BCUT2D eigenvalue weighted by Crippen LogP contribution is -2.38. The maximum Gasteiger partial charge on any atom is 0.244 e. The summed E-state index contributed by atoms with van der Waals surface area (Å²) in [5, 5.41) is 0. The Morgan fingerprint density at radius 2 is 2.00 bits per heavy atom. The Labute approximate surface area is 167 Å². The summed E-state index contributed by atoms with van der Waals surface area (Å²) in [4.78, 5) is -0.0362. The lowest BCUT2D eigenvalue weighted by Gasteiger charge is -2.28. The number of sulfonamides is 2. The monoisotopic (exact) mass is 428 g/mol. The van der Waals surface area contributed by atoms with Gasteiger partial charge in [-0.1, -0.05) is 11.6 Å². The Morgan fingerprint density at radius 3 is 2.68 bits per heavy atom. The van der Waals surface area contributed by atoms with E-state index in [1.807, 2.05) is 0 Å². The van der Waals surface area contributed by atoms with Gasteiger partial charge in [-0.15, -0.1) is 0 Å². The molecule has 0 aromatic heterocycles. The number of benzene rings is 1. The van der Waals surface area contributed by atoms with Crippen LogP contribution in [0, 0.1) is 0 Å². The number of allylic oxidation sites excluding steroid dienone is 1. The van der Waals surface area contributed by atoms with Crippen LogP contribution in [-0.4, -0.2) is 42.8 Å². The van der Waals surface area contributed by atoms with Gasteiger partial charge in [0.25, 0.3) is 0 Å². The summed E-state index contributed by atoms with van der Waals surface area (Å²) in [6.45, 7) is 0.666. The molecule has 0 radical (unpaired) electrons. The first-order chi connectivity index (χ1) is 13.3. The molecule has 0 atom stereocenters. The molecule has 1 aromatic carbocycles. The van der Waals surface area contributed by atoms with E-state index in [1.165, 1.54) is 35.5 Å². The Kier molecular flexibility index (Phi) is 6.67. The van der Waals surface area contributed by atoms with Gasteiger partial charge >= 0.3 is 0 Å². The summed E-state index contributed by atoms with van der Waals surface area (Å²) in [6, 6.07) is 4.50. The Balaban J connectivity index is 1.81. The van der Waals surface area contributed by atoms with Gasteiger partial charge in [-0.3, -0.25) is 4.31 Å². The molecule has 1 aliphatic carbocycles. The molecule has 28 heavy (non-hydrogen) atoms. The number of nitrogens with one attached hydrogen (secondary N) is 1. The minimum absolute atomic E-state index is 0.0362. The standard InChI is InChI=1S/C19H28N2O5S2/c1-26-18-10-9-17(21-13-5-6-14-27(21,22)23)15-19(18)28(24,25)20-12-11-16-7-3-2-4-8-16/h7,9-10,15,20H,2-6,8,11-14H2,1H3. The first kappa shape index (κ1) is 21.1. The highest BCUT2D eigenvalue weighted by Crippen LogP contribution is 2.31. The van der Waals surface area contributed by atoms with Crippen LogP contribution in [0.15, 0.2) is 34.7 Å². The van der Waals surface area contributed by atoms with Crippen molar-refractivity contribution >= 4 is 25.7 Å². The molecule has 3 rings (SSSR count). The number of anilines is 1. The summed E-state index contributed by atoms with van der Waals surface area (Å²) >= 11 is 0. The number of hydrogen-bond acceptors (Lipinski definition) is 5. The van der Waals surface area contributed by atoms with Gasteiger partial charge in [-0.05, 0) is 63.1 Å². The van der Waals surface area contributed by atoms with Crippen molar-refractivity contribution in [3.8, 4) is 5.75 Å². The van der Waals surface area contributed by atoms with Crippen molar-refractivity contribution in [3.63, 3.8) is 0 Å². The third-order valence-corrected chi connectivity index (χ3v) is 8.55. The topological polar surface area (TPSA) is 92.8 Å². The predicted molar refractivity (Wildman–Crippen MR) is 110 cm³/mol. The third-order valence-electron chi connectivity index (χ3n) is 5.20. The van der Waals surface area contributed by atoms with Crippen LogP contribution in [-0.2, 0) is 20.0 Å². The molecule has 1 aromatic rings. The van der Waals surface area contributed by atoms with Gasteiger partial charge in [0.1, 0.15) is 10.6 Å². The van der Waals surface area contributed by atoms with Crippen LogP contribution in [0.2, 0.25) is 0 Å². The summed E-state index contributed by atoms with van der Waals surface area (Å²) in [6.07, 6.45) is 8.67. The number of ether oxygens (including phenoxy) is 1. The van der Waals surface area contributed by atoms with Gasteiger partial charge < -0.3 is 4.74 Å². The minimum Gasteiger partial charge on any atom is -0.495 e.